The van der Waals surface area contributed by atoms with Crippen molar-refractivity contribution in [3.63, 3.8) is 0 Å². The molecule has 2 rings (SSSR count). The lowest BCUT2D eigenvalue weighted by Crippen LogP contribution is -2.23. The van der Waals surface area contributed by atoms with Crippen LogP contribution < -0.4 is 5.32 Å². The van der Waals surface area contributed by atoms with Crippen LogP contribution in [0.5, 0.6) is 0 Å². The Kier molecular flexibility index (Phi) is 5.44. The van der Waals surface area contributed by atoms with E-state index in [0.717, 1.165) is 42.2 Å². The van der Waals surface area contributed by atoms with Gasteiger partial charge in [-0.3, -0.25) is 0 Å². The van der Waals surface area contributed by atoms with Crippen LogP contribution in [-0.2, 0) is 17.8 Å². The summed E-state index contributed by atoms with van der Waals surface area (Å²) < 4.78 is 16.5. The Balaban J connectivity index is 2.26. The molecule has 0 bridgehead atoms. The van der Waals surface area contributed by atoms with Crippen LogP contribution in [0.2, 0.25) is 0 Å². The van der Waals surface area contributed by atoms with E-state index in [-0.39, 0.29) is 6.04 Å². The van der Waals surface area contributed by atoms with Gasteiger partial charge in [-0.2, -0.15) is 0 Å². The van der Waals surface area contributed by atoms with Gasteiger partial charge in [-0.25, -0.2) is 0 Å². The van der Waals surface area contributed by atoms with Crippen molar-refractivity contribution in [1.82, 2.24) is 5.32 Å². The first-order chi connectivity index (χ1) is 9.80. The van der Waals surface area contributed by atoms with Crippen LogP contribution >= 0.6 is 0 Å². The monoisotopic (exact) mass is 277 g/mol. The first-order valence-electron chi connectivity index (χ1n) is 7.17. The molecule has 0 spiro atoms. The molecule has 0 saturated heterocycles. The molecular formula is C16H23NO3. The Bertz CT molecular complexity index is 515. The zero-order valence-electron chi connectivity index (χ0n) is 12.4. The van der Waals surface area contributed by atoms with Gasteiger partial charge in [0.25, 0.3) is 0 Å². The smallest absolute Gasteiger partial charge is 0.129 e. The summed E-state index contributed by atoms with van der Waals surface area (Å²) in [6, 6.07) is 6.03. The highest BCUT2D eigenvalue weighted by molar-refractivity contribution is 5.29. The molecule has 1 unspecified atom stereocenters. The Labute approximate surface area is 120 Å². The van der Waals surface area contributed by atoms with Crippen LogP contribution in [0.25, 0.3) is 0 Å². The van der Waals surface area contributed by atoms with E-state index in [0.29, 0.717) is 6.61 Å². The Morgan fingerprint density at radius 3 is 2.80 bits per heavy atom. The van der Waals surface area contributed by atoms with Gasteiger partial charge < -0.3 is 18.9 Å². The Morgan fingerprint density at radius 2 is 2.10 bits per heavy atom. The van der Waals surface area contributed by atoms with Crippen LogP contribution in [-0.4, -0.2) is 13.7 Å². The third kappa shape index (κ3) is 3.32. The molecule has 4 nitrogen and oxygen atoms in total. The van der Waals surface area contributed by atoms with E-state index in [1.54, 1.807) is 13.4 Å². The number of furan rings is 2. The highest BCUT2D eigenvalue weighted by Crippen LogP contribution is 2.28. The van der Waals surface area contributed by atoms with Crippen molar-refractivity contribution in [2.45, 2.75) is 39.3 Å². The lowest BCUT2D eigenvalue weighted by molar-refractivity contribution is 0.162. The summed E-state index contributed by atoms with van der Waals surface area (Å²) in [6.45, 7) is 5.67. The number of ether oxygens (including phenoxy) is 1. The van der Waals surface area contributed by atoms with Gasteiger partial charge in [0.2, 0.25) is 0 Å². The van der Waals surface area contributed by atoms with E-state index in [9.17, 15) is 0 Å². The molecule has 4 heteroatoms. The van der Waals surface area contributed by atoms with Gasteiger partial charge in [0, 0.05) is 19.1 Å². The van der Waals surface area contributed by atoms with E-state index in [2.05, 4.69) is 19.2 Å². The molecule has 0 radical (unpaired) electrons. The third-order valence-corrected chi connectivity index (χ3v) is 3.26. The third-order valence-electron chi connectivity index (χ3n) is 3.26. The van der Waals surface area contributed by atoms with Crippen LogP contribution in [0.4, 0.5) is 0 Å². The number of hydrogen-bond acceptors (Lipinski definition) is 4. The van der Waals surface area contributed by atoms with Crippen molar-refractivity contribution < 1.29 is 13.6 Å². The van der Waals surface area contributed by atoms with Gasteiger partial charge in [0.1, 0.15) is 23.9 Å². The molecule has 2 aromatic heterocycles. The summed E-state index contributed by atoms with van der Waals surface area (Å²) >= 11 is 0. The minimum Gasteiger partial charge on any atom is -0.469 e. The predicted molar refractivity (Wildman–Crippen MR) is 77.6 cm³/mol. The summed E-state index contributed by atoms with van der Waals surface area (Å²) in [6.07, 6.45) is 3.69. The number of rotatable bonds is 8. The van der Waals surface area contributed by atoms with Crippen molar-refractivity contribution in [2.75, 3.05) is 13.7 Å². The zero-order valence-corrected chi connectivity index (χ0v) is 12.4. The predicted octanol–water partition coefficient (Wildman–Crippen LogP) is 3.67. The van der Waals surface area contributed by atoms with Crippen LogP contribution in [0.15, 0.2) is 33.3 Å². The van der Waals surface area contributed by atoms with Gasteiger partial charge in [0.15, 0.2) is 0 Å². The molecular weight excluding hydrogens is 254 g/mol. The zero-order chi connectivity index (χ0) is 14.4. The lowest BCUT2D eigenvalue weighted by atomic mass is 10.0. The second kappa shape index (κ2) is 7.31. The molecule has 0 aliphatic heterocycles. The topological polar surface area (TPSA) is 47.5 Å². The Morgan fingerprint density at radius 1 is 1.25 bits per heavy atom. The second-order valence-corrected chi connectivity index (χ2v) is 4.78. The van der Waals surface area contributed by atoms with Crippen LogP contribution in [0.1, 0.15) is 49.2 Å². The molecule has 110 valence electrons. The summed E-state index contributed by atoms with van der Waals surface area (Å²) in [5.41, 5.74) is 1.15. The van der Waals surface area contributed by atoms with Gasteiger partial charge >= 0.3 is 0 Å². The maximum atomic E-state index is 5.88. The molecule has 0 aliphatic rings. The standard InChI is InChI=1S/C16H23NO3/c1-4-9-17-16(13-8-10-19-14(13)5-2)15-7-6-12(20-15)11-18-3/h6-8,10,16-17H,4-5,9,11H2,1-3H3. The maximum absolute atomic E-state index is 5.88. The van der Waals surface area contributed by atoms with E-state index in [1.807, 2.05) is 18.2 Å². The molecule has 2 heterocycles. The van der Waals surface area contributed by atoms with E-state index >= 15 is 0 Å². The summed E-state index contributed by atoms with van der Waals surface area (Å²) in [5, 5.41) is 3.52. The molecule has 0 aliphatic carbocycles. The highest BCUT2D eigenvalue weighted by Gasteiger charge is 2.21. The van der Waals surface area contributed by atoms with Crippen molar-refractivity contribution in [2.24, 2.45) is 0 Å². The second-order valence-electron chi connectivity index (χ2n) is 4.78. The molecule has 1 N–H and O–H groups in total. The fourth-order valence-corrected chi connectivity index (χ4v) is 2.32. The van der Waals surface area contributed by atoms with E-state index < -0.39 is 0 Å². The minimum absolute atomic E-state index is 0.0363. The molecule has 0 fully saturated rings. The molecule has 0 saturated carbocycles. The van der Waals surface area contributed by atoms with Crippen LogP contribution in [0, 0.1) is 0 Å². The average Bonchev–Trinajstić information content (AvgIpc) is 3.09. The quantitative estimate of drug-likeness (QED) is 0.799. The summed E-state index contributed by atoms with van der Waals surface area (Å²) in [7, 11) is 1.67. The molecule has 2 aromatic rings. The molecule has 20 heavy (non-hydrogen) atoms. The van der Waals surface area contributed by atoms with Gasteiger partial charge in [-0.05, 0) is 31.2 Å². The van der Waals surface area contributed by atoms with E-state index in [1.165, 1.54) is 0 Å². The SMILES string of the molecule is CCCNC(c1ccc(COC)o1)c1ccoc1CC. The Hall–Kier alpha value is -1.52. The lowest BCUT2D eigenvalue weighted by Gasteiger charge is -2.16. The number of aryl methyl sites for hydroxylation is 1. The number of hydrogen-bond donors (Lipinski definition) is 1. The molecule has 0 aromatic carbocycles. The van der Waals surface area contributed by atoms with Gasteiger partial charge in [0.05, 0.1) is 12.3 Å². The normalized spacial score (nSPS) is 12.8. The summed E-state index contributed by atoms with van der Waals surface area (Å²) in [5.74, 6) is 2.75. The van der Waals surface area contributed by atoms with Crippen molar-refractivity contribution >= 4 is 0 Å². The fraction of sp³-hybridized carbons (Fsp3) is 0.500. The fourth-order valence-electron chi connectivity index (χ4n) is 2.32. The molecule has 0 amide bonds. The van der Waals surface area contributed by atoms with E-state index in [4.69, 9.17) is 13.6 Å². The maximum Gasteiger partial charge on any atom is 0.129 e. The number of methoxy groups -OCH3 is 1. The van der Waals surface area contributed by atoms with Crippen molar-refractivity contribution in [1.29, 1.82) is 0 Å². The van der Waals surface area contributed by atoms with Gasteiger partial charge in [-0.1, -0.05) is 13.8 Å². The average molecular weight is 277 g/mol. The largest absolute Gasteiger partial charge is 0.469 e. The number of nitrogens with one attached hydrogen (secondary N) is 1. The first kappa shape index (κ1) is 14.9. The molecule has 1 atom stereocenters. The first-order valence-corrected chi connectivity index (χ1v) is 7.17. The van der Waals surface area contributed by atoms with Crippen molar-refractivity contribution in [3.05, 3.63) is 47.3 Å². The van der Waals surface area contributed by atoms with Crippen molar-refractivity contribution in [3.8, 4) is 0 Å². The highest BCUT2D eigenvalue weighted by atomic mass is 16.5. The minimum atomic E-state index is 0.0363. The summed E-state index contributed by atoms with van der Waals surface area (Å²) in [4.78, 5) is 0. The van der Waals surface area contributed by atoms with Gasteiger partial charge in [-0.15, -0.1) is 0 Å². The van der Waals surface area contributed by atoms with Crippen LogP contribution in [0.3, 0.4) is 0 Å².